The molecule has 2 amide bonds. The Morgan fingerprint density at radius 1 is 1.24 bits per heavy atom. The lowest BCUT2D eigenvalue weighted by molar-refractivity contribution is -0.124. The van der Waals surface area contributed by atoms with Crippen LogP contribution in [-0.2, 0) is 9.53 Å². The third kappa shape index (κ3) is 3.82. The van der Waals surface area contributed by atoms with Gasteiger partial charge in [-0.3, -0.25) is 9.59 Å². The van der Waals surface area contributed by atoms with Crippen molar-refractivity contribution in [2.45, 2.75) is 32.8 Å². The zero-order chi connectivity index (χ0) is 15.2. The van der Waals surface area contributed by atoms with Gasteiger partial charge >= 0.3 is 0 Å². The number of hydrogen-bond donors (Lipinski definition) is 1. The van der Waals surface area contributed by atoms with Crippen LogP contribution in [0.1, 0.15) is 37.0 Å². The van der Waals surface area contributed by atoms with E-state index in [4.69, 9.17) is 4.74 Å². The number of amides is 2. The normalized spacial score (nSPS) is 17.5. The van der Waals surface area contributed by atoms with E-state index >= 15 is 0 Å². The molecule has 21 heavy (non-hydrogen) atoms. The third-order valence-electron chi connectivity index (χ3n) is 3.67. The van der Waals surface area contributed by atoms with Crippen LogP contribution in [0.2, 0.25) is 0 Å². The number of rotatable bonds is 5. The Balaban J connectivity index is 1.98. The lowest BCUT2D eigenvalue weighted by Crippen LogP contribution is -2.30. The Morgan fingerprint density at radius 2 is 1.90 bits per heavy atom. The molecular formula is C16H22N2O3. The van der Waals surface area contributed by atoms with Gasteiger partial charge in [-0.25, -0.2) is 0 Å². The molecule has 1 atom stereocenters. The van der Waals surface area contributed by atoms with Crippen molar-refractivity contribution in [3.8, 4) is 0 Å². The van der Waals surface area contributed by atoms with Crippen LogP contribution in [0.3, 0.4) is 0 Å². The van der Waals surface area contributed by atoms with Gasteiger partial charge in [0, 0.05) is 30.9 Å². The summed E-state index contributed by atoms with van der Waals surface area (Å²) in [6.07, 6.45) is 1.35. The van der Waals surface area contributed by atoms with Crippen molar-refractivity contribution in [1.29, 1.82) is 0 Å². The van der Waals surface area contributed by atoms with Crippen molar-refractivity contribution < 1.29 is 14.3 Å². The second kappa shape index (κ2) is 7.22. The summed E-state index contributed by atoms with van der Waals surface area (Å²) < 4.78 is 5.34. The van der Waals surface area contributed by atoms with Crippen molar-refractivity contribution >= 4 is 17.5 Å². The van der Waals surface area contributed by atoms with Crippen molar-refractivity contribution in [3.63, 3.8) is 0 Å². The molecule has 5 nitrogen and oxygen atoms in total. The average Bonchev–Trinajstić information content (AvgIpc) is 3.03. The topological polar surface area (TPSA) is 58.6 Å². The Hall–Kier alpha value is -1.88. The Bertz CT molecular complexity index is 489. The highest BCUT2D eigenvalue weighted by Crippen LogP contribution is 2.16. The minimum absolute atomic E-state index is 0.0111. The second-order valence-electron chi connectivity index (χ2n) is 5.05. The number of nitrogens with one attached hydrogen (secondary N) is 1. The molecule has 1 fully saturated rings. The van der Waals surface area contributed by atoms with Crippen LogP contribution in [0.5, 0.6) is 0 Å². The number of carbonyl (C=O) groups is 2. The maximum atomic E-state index is 12.2. The van der Waals surface area contributed by atoms with Gasteiger partial charge in [0.2, 0.25) is 0 Å². The van der Waals surface area contributed by atoms with E-state index in [0.29, 0.717) is 30.9 Å². The first-order valence-corrected chi connectivity index (χ1v) is 7.47. The van der Waals surface area contributed by atoms with Crippen molar-refractivity contribution in [2.75, 3.05) is 25.0 Å². The van der Waals surface area contributed by atoms with Gasteiger partial charge in [-0.1, -0.05) is 0 Å². The zero-order valence-electron chi connectivity index (χ0n) is 12.6. The van der Waals surface area contributed by atoms with Gasteiger partial charge in [-0.15, -0.1) is 0 Å². The summed E-state index contributed by atoms with van der Waals surface area (Å²) in [5.74, 6) is -0.104. The lowest BCUT2D eigenvalue weighted by atomic mass is 10.1. The summed E-state index contributed by atoms with van der Waals surface area (Å²) in [5.41, 5.74) is 1.32. The molecule has 0 aromatic heterocycles. The first kappa shape index (κ1) is 15.5. The smallest absolute Gasteiger partial charge is 0.253 e. The van der Waals surface area contributed by atoms with Gasteiger partial charge in [0.15, 0.2) is 0 Å². The predicted octanol–water partition coefficient (Wildman–Crippen LogP) is 2.29. The number of ether oxygens (including phenoxy) is 1. The first-order valence-electron chi connectivity index (χ1n) is 7.47. The minimum Gasteiger partial charge on any atom is -0.368 e. The van der Waals surface area contributed by atoms with Crippen molar-refractivity contribution in [2.24, 2.45) is 0 Å². The molecule has 1 aliphatic rings. The second-order valence-corrected chi connectivity index (χ2v) is 5.05. The summed E-state index contributed by atoms with van der Waals surface area (Å²) in [5, 5.41) is 2.82. The highest BCUT2D eigenvalue weighted by Gasteiger charge is 2.23. The number of anilines is 1. The van der Waals surface area contributed by atoms with Crippen molar-refractivity contribution in [1.82, 2.24) is 4.90 Å². The molecule has 1 heterocycles. The SMILES string of the molecule is CCN(CC)C(=O)c1ccc(NC(=O)C2CCCO2)cc1. The van der Waals surface area contributed by atoms with Gasteiger partial charge in [-0.05, 0) is 51.0 Å². The van der Waals surface area contributed by atoms with E-state index in [0.717, 1.165) is 12.8 Å². The maximum Gasteiger partial charge on any atom is 0.253 e. The molecule has 0 saturated carbocycles. The van der Waals surface area contributed by atoms with Crippen LogP contribution in [0.25, 0.3) is 0 Å². The van der Waals surface area contributed by atoms with Gasteiger partial charge in [-0.2, -0.15) is 0 Å². The zero-order valence-corrected chi connectivity index (χ0v) is 12.6. The summed E-state index contributed by atoms with van der Waals surface area (Å²) in [6.45, 7) is 5.93. The highest BCUT2D eigenvalue weighted by atomic mass is 16.5. The van der Waals surface area contributed by atoms with E-state index in [-0.39, 0.29) is 17.9 Å². The molecule has 1 N–H and O–H groups in total. The number of carbonyl (C=O) groups excluding carboxylic acids is 2. The van der Waals surface area contributed by atoms with E-state index in [2.05, 4.69) is 5.32 Å². The van der Waals surface area contributed by atoms with Crippen molar-refractivity contribution in [3.05, 3.63) is 29.8 Å². The molecule has 5 heteroatoms. The standard InChI is InChI=1S/C16H22N2O3/c1-3-18(4-2)16(20)12-7-9-13(10-8-12)17-15(19)14-6-5-11-21-14/h7-10,14H,3-6,11H2,1-2H3,(H,17,19). The van der Waals surface area contributed by atoms with Gasteiger partial charge in [0.05, 0.1) is 0 Å². The molecule has 0 spiro atoms. The van der Waals surface area contributed by atoms with Crippen LogP contribution < -0.4 is 5.32 Å². The molecule has 0 bridgehead atoms. The molecule has 2 rings (SSSR count). The largest absolute Gasteiger partial charge is 0.368 e. The van der Waals surface area contributed by atoms with Crippen LogP contribution in [-0.4, -0.2) is 42.5 Å². The van der Waals surface area contributed by atoms with E-state index in [1.54, 1.807) is 29.2 Å². The van der Waals surface area contributed by atoms with Gasteiger partial charge < -0.3 is 15.0 Å². The molecule has 1 aromatic carbocycles. The predicted molar refractivity (Wildman–Crippen MR) is 81.3 cm³/mol. The van der Waals surface area contributed by atoms with Gasteiger partial charge in [0.1, 0.15) is 6.10 Å². The van der Waals surface area contributed by atoms with Crippen LogP contribution in [0, 0.1) is 0 Å². The number of hydrogen-bond acceptors (Lipinski definition) is 3. The van der Waals surface area contributed by atoms with Crippen LogP contribution in [0.15, 0.2) is 24.3 Å². The maximum absolute atomic E-state index is 12.2. The summed E-state index contributed by atoms with van der Waals surface area (Å²) >= 11 is 0. The summed E-state index contributed by atoms with van der Waals surface area (Å²) in [4.78, 5) is 25.9. The van der Waals surface area contributed by atoms with Crippen LogP contribution in [0.4, 0.5) is 5.69 Å². The lowest BCUT2D eigenvalue weighted by Gasteiger charge is -2.18. The summed E-state index contributed by atoms with van der Waals surface area (Å²) in [6, 6.07) is 6.99. The summed E-state index contributed by atoms with van der Waals surface area (Å²) in [7, 11) is 0. The van der Waals surface area contributed by atoms with E-state index < -0.39 is 0 Å². The third-order valence-corrected chi connectivity index (χ3v) is 3.67. The first-order chi connectivity index (χ1) is 10.2. The van der Waals surface area contributed by atoms with Crippen LogP contribution >= 0.6 is 0 Å². The Morgan fingerprint density at radius 3 is 2.43 bits per heavy atom. The molecule has 0 radical (unpaired) electrons. The molecule has 114 valence electrons. The van der Waals surface area contributed by atoms with Gasteiger partial charge in [0.25, 0.3) is 11.8 Å². The quantitative estimate of drug-likeness (QED) is 0.905. The molecule has 1 saturated heterocycles. The Labute approximate surface area is 125 Å². The number of benzene rings is 1. The fraction of sp³-hybridized carbons (Fsp3) is 0.500. The molecule has 1 aromatic rings. The monoisotopic (exact) mass is 290 g/mol. The molecule has 0 aliphatic carbocycles. The fourth-order valence-corrected chi connectivity index (χ4v) is 2.40. The molecule has 1 unspecified atom stereocenters. The molecule has 1 aliphatic heterocycles. The highest BCUT2D eigenvalue weighted by molar-refractivity contribution is 5.96. The van der Waals surface area contributed by atoms with E-state index in [1.165, 1.54) is 0 Å². The van der Waals surface area contributed by atoms with E-state index in [9.17, 15) is 9.59 Å². The number of nitrogens with zero attached hydrogens (tertiary/aromatic N) is 1. The fourth-order valence-electron chi connectivity index (χ4n) is 2.40. The van der Waals surface area contributed by atoms with E-state index in [1.807, 2.05) is 13.8 Å². The average molecular weight is 290 g/mol. The Kier molecular flexibility index (Phi) is 5.33. The minimum atomic E-state index is -0.345. The molecular weight excluding hydrogens is 268 g/mol.